The first-order valence-electron chi connectivity index (χ1n) is 3.34. The second kappa shape index (κ2) is 3.41. The van der Waals surface area contributed by atoms with Crippen molar-refractivity contribution in [1.82, 2.24) is 10.2 Å². The zero-order chi connectivity index (χ0) is 8.55. The Hall–Kier alpha value is 0.0200. The highest BCUT2D eigenvalue weighted by atomic mass is 127. The summed E-state index contributed by atoms with van der Waals surface area (Å²) in [6.07, 6.45) is 1.79. The second-order valence-electron chi connectivity index (χ2n) is 2.37. The predicted molar refractivity (Wildman–Crippen MR) is 65.0 cm³/mol. The maximum Gasteiger partial charge on any atom is 0.131 e. The van der Waals surface area contributed by atoms with Crippen LogP contribution in [-0.4, -0.2) is 10.2 Å². The summed E-state index contributed by atoms with van der Waals surface area (Å²) < 4.78 is 2.19. The number of benzene rings is 1. The molecule has 0 saturated heterocycles. The molecule has 1 aromatic carbocycles. The molecule has 0 amide bonds. The standard InChI is InChI=1S/C8H4I2N2/c9-6-2-1-5-4-11-12-8(10)7(5)3-6/h1-4H. The fourth-order valence-corrected chi connectivity index (χ4v) is 2.10. The summed E-state index contributed by atoms with van der Waals surface area (Å²) in [6, 6.07) is 6.25. The molecule has 0 saturated carbocycles. The Labute approximate surface area is 97.0 Å². The highest BCUT2D eigenvalue weighted by Gasteiger charge is 1.99. The van der Waals surface area contributed by atoms with Crippen LogP contribution in [0.2, 0.25) is 0 Å². The lowest BCUT2D eigenvalue weighted by Crippen LogP contribution is -1.87. The van der Waals surface area contributed by atoms with Crippen molar-refractivity contribution in [2.45, 2.75) is 0 Å². The summed E-state index contributed by atoms with van der Waals surface area (Å²) in [5.74, 6) is 0. The van der Waals surface area contributed by atoms with Gasteiger partial charge < -0.3 is 0 Å². The Balaban J connectivity index is 2.88. The molecule has 0 aliphatic heterocycles. The third kappa shape index (κ3) is 1.54. The van der Waals surface area contributed by atoms with E-state index in [0.717, 1.165) is 9.09 Å². The average molecular weight is 382 g/mol. The maximum absolute atomic E-state index is 3.98. The summed E-state index contributed by atoms with van der Waals surface area (Å²) in [5, 5.41) is 10.2. The molecule has 0 fully saturated rings. The Kier molecular flexibility index (Phi) is 2.44. The van der Waals surface area contributed by atoms with Crippen molar-refractivity contribution in [3.63, 3.8) is 0 Å². The van der Waals surface area contributed by atoms with Gasteiger partial charge in [-0.05, 0) is 57.3 Å². The third-order valence-corrected chi connectivity index (χ3v) is 3.05. The topological polar surface area (TPSA) is 25.8 Å². The molecule has 0 radical (unpaired) electrons. The first-order valence-corrected chi connectivity index (χ1v) is 5.49. The lowest BCUT2D eigenvalue weighted by atomic mass is 10.2. The fraction of sp³-hybridized carbons (Fsp3) is 0. The lowest BCUT2D eigenvalue weighted by Gasteiger charge is -1.98. The molecule has 4 heteroatoms. The van der Waals surface area contributed by atoms with Crippen LogP contribution in [0.15, 0.2) is 24.4 Å². The van der Waals surface area contributed by atoms with Crippen molar-refractivity contribution in [3.05, 3.63) is 31.7 Å². The van der Waals surface area contributed by atoms with Crippen LogP contribution in [0.4, 0.5) is 0 Å². The minimum absolute atomic E-state index is 0.962. The molecule has 0 N–H and O–H groups in total. The first-order chi connectivity index (χ1) is 5.77. The van der Waals surface area contributed by atoms with Gasteiger partial charge in [-0.3, -0.25) is 0 Å². The van der Waals surface area contributed by atoms with Crippen molar-refractivity contribution >= 4 is 56.0 Å². The fourth-order valence-electron chi connectivity index (χ4n) is 1.02. The molecule has 12 heavy (non-hydrogen) atoms. The predicted octanol–water partition coefficient (Wildman–Crippen LogP) is 2.84. The van der Waals surface area contributed by atoms with Gasteiger partial charge in [-0.2, -0.15) is 5.10 Å². The number of hydrogen-bond acceptors (Lipinski definition) is 2. The van der Waals surface area contributed by atoms with Gasteiger partial charge in [0.05, 0.1) is 6.20 Å². The highest BCUT2D eigenvalue weighted by molar-refractivity contribution is 14.1. The second-order valence-corrected chi connectivity index (χ2v) is 4.63. The van der Waals surface area contributed by atoms with E-state index in [9.17, 15) is 0 Å². The van der Waals surface area contributed by atoms with Crippen LogP contribution >= 0.6 is 45.2 Å². The van der Waals surface area contributed by atoms with Gasteiger partial charge >= 0.3 is 0 Å². The van der Waals surface area contributed by atoms with E-state index in [4.69, 9.17) is 0 Å². The van der Waals surface area contributed by atoms with Crippen LogP contribution < -0.4 is 0 Å². The number of rotatable bonds is 0. The Morgan fingerprint density at radius 1 is 1.17 bits per heavy atom. The molecule has 2 aromatic rings. The molecule has 2 nitrogen and oxygen atoms in total. The van der Waals surface area contributed by atoms with Gasteiger partial charge in [-0.25, -0.2) is 0 Å². The summed E-state index contributed by atoms with van der Waals surface area (Å²) in [6.45, 7) is 0. The van der Waals surface area contributed by atoms with Gasteiger partial charge in [-0.1, -0.05) is 6.07 Å². The molecule has 0 spiro atoms. The average Bonchev–Trinajstić information content (AvgIpc) is 2.07. The van der Waals surface area contributed by atoms with Crippen LogP contribution in [0.1, 0.15) is 0 Å². The van der Waals surface area contributed by atoms with E-state index in [0.29, 0.717) is 0 Å². The van der Waals surface area contributed by atoms with E-state index in [2.05, 4.69) is 73.6 Å². The van der Waals surface area contributed by atoms with Crippen molar-refractivity contribution in [3.8, 4) is 0 Å². The first kappa shape index (κ1) is 8.61. The molecule has 1 aromatic heterocycles. The van der Waals surface area contributed by atoms with E-state index in [1.54, 1.807) is 6.20 Å². The van der Waals surface area contributed by atoms with E-state index >= 15 is 0 Å². The summed E-state index contributed by atoms with van der Waals surface area (Å²) >= 11 is 4.49. The van der Waals surface area contributed by atoms with E-state index in [1.807, 2.05) is 0 Å². The monoisotopic (exact) mass is 382 g/mol. The number of aromatic nitrogens is 2. The molecule has 1 heterocycles. The summed E-state index contributed by atoms with van der Waals surface area (Å²) in [5.41, 5.74) is 0. The van der Waals surface area contributed by atoms with Crippen LogP contribution in [0.25, 0.3) is 10.8 Å². The van der Waals surface area contributed by atoms with Crippen LogP contribution in [-0.2, 0) is 0 Å². The van der Waals surface area contributed by atoms with Crippen molar-refractivity contribution in [1.29, 1.82) is 0 Å². The molecule has 0 bridgehead atoms. The lowest BCUT2D eigenvalue weighted by molar-refractivity contribution is 1.02. The minimum Gasteiger partial charge on any atom is -0.157 e. The van der Waals surface area contributed by atoms with Crippen molar-refractivity contribution in [2.24, 2.45) is 0 Å². The maximum atomic E-state index is 3.98. The molecule has 0 aliphatic carbocycles. The number of halogens is 2. The van der Waals surface area contributed by atoms with Gasteiger partial charge in [-0.15, -0.1) is 5.10 Å². The highest BCUT2D eigenvalue weighted by Crippen LogP contribution is 2.19. The molecule has 0 atom stereocenters. The zero-order valence-corrected chi connectivity index (χ0v) is 10.3. The van der Waals surface area contributed by atoms with Crippen molar-refractivity contribution in [2.75, 3.05) is 0 Å². The van der Waals surface area contributed by atoms with Crippen molar-refractivity contribution < 1.29 is 0 Å². The minimum atomic E-state index is 0.962. The smallest absolute Gasteiger partial charge is 0.131 e. The third-order valence-electron chi connectivity index (χ3n) is 1.58. The SMILES string of the molecule is Ic1ccc2cnnc(I)c2c1. The summed E-state index contributed by atoms with van der Waals surface area (Å²) in [4.78, 5) is 0. The van der Waals surface area contributed by atoms with Gasteiger partial charge in [0.1, 0.15) is 3.70 Å². The molecule has 2 rings (SSSR count). The zero-order valence-electron chi connectivity index (χ0n) is 5.96. The Morgan fingerprint density at radius 3 is 2.83 bits per heavy atom. The number of nitrogens with zero attached hydrogens (tertiary/aromatic N) is 2. The van der Waals surface area contributed by atoms with E-state index < -0.39 is 0 Å². The van der Waals surface area contributed by atoms with E-state index in [1.165, 1.54) is 8.96 Å². The van der Waals surface area contributed by atoms with Gasteiger partial charge in [0.15, 0.2) is 0 Å². The van der Waals surface area contributed by atoms with Crippen LogP contribution in [0, 0.1) is 7.27 Å². The van der Waals surface area contributed by atoms with Crippen LogP contribution in [0.5, 0.6) is 0 Å². The quantitative estimate of drug-likeness (QED) is 0.656. The molecular weight excluding hydrogens is 378 g/mol. The molecule has 60 valence electrons. The summed E-state index contributed by atoms with van der Waals surface area (Å²) in [7, 11) is 0. The number of hydrogen-bond donors (Lipinski definition) is 0. The molecular formula is C8H4I2N2. The van der Waals surface area contributed by atoms with Gasteiger partial charge in [0, 0.05) is 14.3 Å². The molecule has 0 aliphatic rings. The Bertz CT molecular complexity index is 428. The molecule has 0 unspecified atom stereocenters. The van der Waals surface area contributed by atoms with Gasteiger partial charge in [0.25, 0.3) is 0 Å². The van der Waals surface area contributed by atoms with E-state index in [-0.39, 0.29) is 0 Å². The van der Waals surface area contributed by atoms with Gasteiger partial charge in [0.2, 0.25) is 0 Å². The van der Waals surface area contributed by atoms with Crippen LogP contribution in [0.3, 0.4) is 0 Å². The largest absolute Gasteiger partial charge is 0.157 e. The number of fused-ring (bicyclic) bond motifs is 1. The Morgan fingerprint density at radius 2 is 2.00 bits per heavy atom. The normalized spacial score (nSPS) is 10.5.